The zero-order chi connectivity index (χ0) is 12.1. The van der Waals surface area contributed by atoms with E-state index in [2.05, 4.69) is 20.5 Å². The Morgan fingerprint density at radius 1 is 1.24 bits per heavy atom. The fourth-order valence-electron chi connectivity index (χ4n) is 1.70. The van der Waals surface area contributed by atoms with Crippen molar-refractivity contribution >= 4 is 0 Å². The molecule has 0 aliphatic rings. The van der Waals surface area contributed by atoms with Crippen molar-refractivity contribution in [1.29, 1.82) is 0 Å². The van der Waals surface area contributed by atoms with Gasteiger partial charge in [0.05, 0.1) is 18.4 Å². The van der Waals surface area contributed by atoms with Crippen LogP contribution in [-0.4, -0.2) is 21.7 Å². The molecule has 0 aliphatic carbocycles. The molecule has 1 unspecified atom stereocenters. The highest BCUT2D eigenvalue weighted by atomic mass is 19.1. The molecule has 0 bridgehead atoms. The van der Waals surface area contributed by atoms with Crippen molar-refractivity contribution in [1.82, 2.24) is 20.5 Å². The molecule has 17 heavy (non-hydrogen) atoms. The second-order valence-corrected chi connectivity index (χ2v) is 3.56. The molecule has 2 aromatic rings. The SMILES string of the molecule is CCNC(c1ccnnc1)c1ccncc1F. The Kier molecular flexibility index (Phi) is 3.72. The molecule has 2 rings (SSSR count). The van der Waals surface area contributed by atoms with E-state index >= 15 is 0 Å². The van der Waals surface area contributed by atoms with Crippen LogP contribution in [0.25, 0.3) is 0 Å². The van der Waals surface area contributed by atoms with Gasteiger partial charge in [-0.1, -0.05) is 6.92 Å². The number of aromatic nitrogens is 3. The van der Waals surface area contributed by atoms with Crippen molar-refractivity contribution in [3.8, 4) is 0 Å². The van der Waals surface area contributed by atoms with E-state index in [0.29, 0.717) is 5.56 Å². The van der Waals surface area contributed by atoms with Crippen LogP contribution in [0.2, 0.25) is 0 Å². The Hall–Kier alpha value is -1.88. The van der Waals surface area contributed by atoms with Gasteiger partial charge in [-0.05, 0) is 24.2 Å². The number of nitrogens with one attached hydrogen (secondary N) is 1. The molecule has 0 aromatic carbocycles. The number of halogens is 1. The third-order valence-corrected chi connectivity index (χ3v) is 2.46. The van der Waals surface area contributed by atoms with Gasteiger partial charge in [0, 0.05) is 18.0 Å². The molecule has 0 aliphatic heterocycles. The van der Waals surface area contributed by atoms with Crippen molar-refractivity contribution in [2.24, 2.45) is 0 Å². The molecule has 1 atom stereocenters. The summed E-state index contributed by atoms with van der Waals surface area (Å²) in [7, 11) is 0. The Bertz CT molecular complexity index is 475. The van der Waals surface area contributed by atoms with Gasteiger partial charge in [0.25, 0.3) is 0 Å². The number of nitrogens with zero attached hydrogens (tertiary/aromatic N) is 3. The minimum absolute atomic E-state index is 0.224. The van der Waals surface area contributed by atoms with Gasteiger partial charge < -0.3 is 5.32 Å². The van der Waals surface area contributed by atoms with Gasteiger partial charge in [-0.3, -0.25) is 4.98 Å². The molecule has 0 radical (unpaired) electrons. The smallest absolute Gasteiger partial charge is 0.146 e. The van der Waals surface area contributed by atoms with Crippen LogP contribution in [0, 0.1) is 5.82 Å². The lowest BCUT2D eigenvalue weighted by molar-refractivity contribution is 0.553. The van der Waals surface area contributed by atoms with Crippen LogP contribution < -0.4 is 5.32 Å². The highest BCUT2D eigenvalue weighted by Gasteiger charge is 2.16. The lowest BCUT2D eigenvalue weighted by Crippen LogP contribution is -2.23. The molecule has 0 saturated heterocycles. The molecule has 4 nitrogen and oxygen atoms in total. The van der Waals surface area contributed by atoms with E-state index in [-0.39, 0.29) is 11.9 Å². The first-order valence-electron chi connectivity index (χ1n) is 5.42. The van der Waals surface area contributed by atoms with Gasteiger partial charge >= 0.3 is 0 Å². The topological polar surface area (TPSA) is 50.7 Å². The van der Waals surface area contributed by atoms with Crippen LogP contribution >= 0.6 is 0 Å². The molecular weight excluding hydrogens is 219 g/mol. The first-order valence-corrected chi connectivity index (χ1v) is 5.42. The molecule has 0 saturated carbocycles. The van der Waals surface area contributed by atoms with E-state index in [9.17, 15) is 4.39 Å². The van der Waals surface area contributed by atoms with E-state index < -0.39 is 0 Å². The lowest BCUT2D eigenvalue weighted by Gasteiger charge is -2.18. The van der Waals surface area contributed by atoms with Crippen molar-refractivity contribution in [2.45, 2.75) is 13.0 Å². The van der Waals surface area contributed by atoms with E-state index in [1.807, 2.05) is 13.0 Å². The van der Waals surface area contributed by atoms with Crippen molar-refractivity contribution < 1.29 is 4.39 Å². The van der Waals surface area contributed by atoms with Gasteiger partial charge in [0.15, 0.2) is 0 Å². The van der Waals surface area contributed by atoms with Gasteiger partial charge in [-0.15, -0.1) is 0 Å². The lowest BCUT2D eigenvalue weighted by atomic mass is 10.0. The molecule has 2 aromatic heterocycles. The Morgan fingerprint density at radius 3 is 2.76 bits per heavy atom. The number of pyridine rings is 1. The molecular formula is C12H13FN4. The van der Waals surface area contributed by atoms with E-state index in [1.165, 1.54) is 6.20 Å². The third-order valence-electron chi connectivity index (χ3n) is 2.46. The van der Waals surface area contributed by atoms with E-state index in [1.54, 1.807) is 24.7 Å². The first kappa shape index (κ1) is 11.6. The van der Waals surface area contributed by atoms with Crippen LogP contribution in [0.15, 0.2) is 36.9 Å². The predicted molar refractivity (Wildman–Crippen MR) is 61.7 cm³/mol. The Morgan fingerprint density at radius 2 is 2.12 bits per heavy atom. The second-order valence-electron chi connectivity index (χ2n) is 3.56. The predicted octanol–water partition coefficient (Wildman–Crippen LogP) is 1.71. The highest BCUT2D eigenvalue weighted by molar-refractivity contribution is 5.28. The molecule has 2 heterocycles. The second kappa shape index (κ2) is 5.45. The van der Waals surface area contributed by atoms with Crippen LogP contribution in [0.4, 0.5) is 4.39 Å². The minimum Gasteiger partial charge on any atom is -0.306 e. The van der Waals surface area contributed by atoms with Crippen LogP contribution in [0.3, 0.4) is 0 Å². The zero-order valence-electron chi connectivity index (χ0n) is 9.47. The molecule has 5 heteroatoms. The largest absolute Gasteiger partial charge is 0.306 e. The maximum Gasteiger partial charge on any atom is 0.146 e. The summed E-state index contributed by atoms with van der Waals surface area (Å²) in [6.07, 6.45) is 6.03. The van der Waals surface area contributed by atoms with Gasteiger partial charge in [0.2, 0.25) is 0 Å². The first-order chi connectivity index (χ1) is 8.33. The summed E-state index contributed by atoms with van der Waals surface area (Å²) in [5.74, 6) is -0.324. The summed E-state index contributed by atoms with van der Waals surface area (Å²) in [6.45, 7) is 2.70. The van der Waals surface area contributed by atoms with Crippen LogP contribution in [-0.2, 0) is 0 Å². The fraction of sp³-hybridized carbons (Fsp3) is 0.250. The summed E-state index contributed by atoms with van der Waals surface area (Å²) >= 11 is 0. The minimum atomic E-state index is -0.324. The fourth-order valence-corrected chi connectivity index (χ4v) is 1.70. The number of hydrogen-bond donors (Lipinski definition) is 1. The Labute approximate surface area is 98.9 Å². The normalized spacial score (nSPS) is 12.4. The van der Waals surface area contributed by atoms with Gasteiger partial charge in [0.1, 0.15) is 5.82 Å². The molecule has 0 fully saturated rings. The zero-order valence-corrected chi connectivity index (χ0v) is 9.47. The summed E-state index contributed by atoms with van der Waals surface area (Å²) < 4.78 is 13.7. The van der Waals surface area contributed by atoms with Crippen molar-refractivity contribution in [3.63, 3.8) is 0 Å². The average molecular weight is 232 g/mol. The average Bonchev–Trinajstić information content (AvgIpc) is 2.38. The maximum absolute atomic E-state index is 13.7. The van der Waals surface area contributed by atoms with Crippen molar-refractivity contribution in [3.05, 3.63) is 53.9 Å². The van der Waals surface area contributed by atoms with Crippen molar-refractivity contribution in [2.75, 3.05) is 6.54 Å². The van der Waals surface area contributed by atoms with E-state index in [4.69, 9.17) is 0 Å². The molecule has 0 spiro atoms. The summed E-state index contributed by atoms with van der Waals surface area (Å²) in [5.41, 5.74) is 1.45. The van der Waals surface area contributed by atoms with E-state index in [0.717, 1.165) is 12.1 Å². The number of hydrogen-bond acceptors (Lipinski definition) is 4. The number of rotatable bonds is 4. The quantitative estimate of drug-likeness (QED) is 0.871. The van der Waals surface area contributed by atoms with Gasteiger partial charge in [-0.2, -0.15) is 10.2 Å². The van der Waals surface area contributed by atoms with Crippen LogP contribution in [0.5, 0.6) is 0 Å². The summed E-state index contributed by atoms with van der Waals surface area (Å²) in [6, 6.07) is 3.27. The molecule has 1 N–H and O–H groups in total. The molecule has 88 valence electrons. The van der Waals surface area contributed by atoms with Crippen LogP contribution in [0.1, 0.15) is 24.1 Å². The monoisotopic (exact) mass is 232 g/mol. The standard InChI is InChI=1S/C12H13FN4/c1-2-15-12(9-3-6-16-17-7-9)10-4-5-14-8-11(10)13/h3-8,12,15H,2H2,1H3. The Balaban J connectivity index is 2.39. The summed E-state index contributed by atoms with van der Waals surface area (Å²) in [4.78, 5) is 3.75. The summed E-state index contributed by atoms with van der Waals surface area (Å²) in [5, 5.41) is 10.8. The van der Waals surface area contributed by atoms with Gasteiger partial charge in [-0.25, -0.2) is 4.39 Å². The highest BCUT2D eigenvalue weighted by Crippen LogP contribution is 2.22. The molecule has 0 amide bonds. The third kappa shape index (κ3) is 2.62. The maximum atomic E-state index is 13.7.